The Balaban J connectivity index is 1.37. The molecule has 6 nitrogen and oxygen atoms in total. The maximum absolute atomic E-state index is 12.7. The van der Waals surface area contributed by atoms with Gasteiger partial charge in [0.1, 0.15) is 5.75 Å². The fourth-order valence-corrected chi connectivity index (χ4v) is 4.01. The second-order valence-electron chi connectivity index (χ2n) is 8.52. The average Bonchev–Trinajstić information content (AvgIpc) is 3.27. The van der Waals surface area contributed by atoms with Crippen LogP contribution in [0.1, 0.15) is 38.4 Å². The summed E-state index contributed by atoms with van der Waals surface area (Å²) >= 11 is 0. The van der Waals surface area contributed by atoms with Gasteiger partial charge in [-0.2, -0.15) is 18.3 Å². The van der Waals surface area contributed by atoms with Crippen LogP contribution >= 0.6 is 0 Å². The Morgan fingerprint density at radius 2 is 1.75 bits per heavy atom. The Hall–Kier alpha value is -2.94. The molecule has 170 valence electrons. The summed E-state index contributed by atoms with van der Waals surface area (Å²) in [4.78, 5) is 7.83. The summed E-state index contributed by atoms with van der Waals surface area (Å²) < 4.78 is 49.5. The SMILES string of the molecule is COCC1(C)CCC(Oc2ccc(-c3ccc(-c4n[nH]c(C(F)(F)F)n4)cn3)cc2)CC1. The molecule has 1 aromatic carbocycles. The Labute approximate surface area is 184 Å². The highest BCUT2D eigenvalue weighted by Gasteiger charge is 2.35. The van der Waals surface area contributed by atoms with Crippen LogP contribution in [-0.4, -0.2) is 40.0 Å². The van der Waals surface area contributed by atoms with E-state index >= 15 is 0 Å². The first-order chi connectivity index (χ1) is 15.3. The van der Waals surface area contributed by atoms with Crippen LogP contribution in [0.4, 0.5) is 13.2 Å². The van der Waals surface area contributed by atoms with Crippen molar-refractivity contribution in [2.24, 2.45) is 5.41 Å². The van der Waals surface area contributed by atoms with Crippen molar-refractivity contribution in [3.8, 4) is 28.4 Å². The van der Waals surface area contributed by atoms with Gasteiger partial charge in [-0.05, 0) is 67.5 Å². The monoisotopic (exact) mass is 446 g/mol. The fourth-order valence-electron chi connectivity index (χ4n) is 4.01. The number of H-pyrrole nitrogens is 1. The lowest BCUT2D eigenvalue weighted by molar-refractivity contribution is -0.144. The van der Waals surface area contributed by atoms with E-state index in [1.807, 2.05) is 29.4 Å². The number of pyridine rings is 1. The molecule has 1 fully saturated rings. The van der Waals surface area contributed by atoms with Gasteiger partial charge in [-0.3, -0.25) is 10.1 Å². The van der Waals surface area contributed by atoms with Crippen molar-refractivity contribution < 1.29 is 22.6 Å². The van der Waals surface area contributed by atoms with Gasteiger partial charge in [-0.15, -0.1) is 0 Å². The third-order valence-electron chi connectivity index (χ3n) is 5.86. The predicted octanol–water partition coefficient (Wildman–Crippen LogP) is 5.53. The number of alkyl halides is 3. The number of hydrogen-bond acceptors (Lipinski definition) is 5. The van der Waals surface area contributed by atoms with E-state index in [4.69, 9.17) is 9.47 Å². The van der Waals surface area contributed by atoms with Crippen LogP contribution < -0.4 is 4.74 Å². The molecule has 0 bridgehead atoms. The molecule has 4 rings (SSSR count). The lowest BCUT2D eigenvalue weighted by Crippen LogP contribution is -2.33. The zero-order valence-corrected chi connectivity index (χ0v) is 17.9. The number of hydrogen-bond donors (Lipinski definition) is 1. The molecule has 9 heteroatoms. The van der Waals surface area contributed by atoms with Gasteiger partial charge >= 0.3 is 6.18 Å². The number of nitrogens with zero attached hydrogens (tertiary/aromatic N) is 3. The molecule has 1 aliphatic rings. The molecule has 2 heterocycles. The van der Waals surface area contributed by atoms with Crippen molar-refractivity contribution in [1.29, 1.82) is 0 Å². The average molecular weight is 446 g/mol. The minimum Gasteiger partial charge on any atom is -0.490 e. The van der Waals surface area contributed by atoms with Gasteiger partial charge in [0.05, 0.1) is 18.4 Å². The molecule has 1 aliphatic carbocycles. The summed E-state index contributed by atoms with van der Waals surface area (Å²) in [6.07, 6.45) is 1.26. The molecule has 0 atom stereocenters. The first kappa shape index (κ1) is 22.3. The number of methoxy groups -OCH3 is 1. The van der Waals surface area contributed by atoms with E-state index in [0.717, 1.165) is 43.6 Å². The first-order valence-electron chi connectivity index (χ1n) is 10.5. The van der Waals surface area contributed by atoms with Gasteiger partial charge in [0, 0.05) is 24.4 Å². The maximum Gasteiger partial charge on any atom is 0.451 e. The van der Waals surface area contributed by atoms with Crippen LogP contribution in [0.25, 0.3) is 22.6 Å². The predicted molar refractivity (Wildman–Crippen MR) is 113 cm³/mol. The summed E-state index contributed by atoms with van der Waals surface area (Å²) in [5, 5.41) is 5.53. The summed E-state index contributed by atoms with van der Waals surface area (Å²) in [5.41, 5.74) is 2.21. The van der Waals surface area contributed by atoms with E-state index in [1.165, 1.54) is 6.20 Å². The van der Waals surface area contributed by atoms with E-state index < -0.39 is 12.0 Å². The number of nitrogens with one attached hydrogen (secondary N) is 1. The van der Waals surface area contributed by atoms with Gasteiger partial charge in [0.2, 0.25) is 5.82 Å². The Morgan fingerprint density at radius 3 is 2.31 bits per heavy atom. The largest absolute Gasteiger partial charge is 0.490 e. The Bertz CT molecular complexity index is 1020. The van der Waals surface area contributed by atoms with Crippen molar-refractivity contribution in [1.82, 2.24) is 20.2 Å². The number of aromatic nitrogens is 4. The molecular weight excluding hydrogens is 421 g/mol. The molecule has 0 aliphatic heterocycles. The number of aromatic amines is 1. The van der Waals surface area contributed by atoms with E-state index in [2.05, 4.69) is 22.0 Å². The highest BCUT2D eigenvalue weighted by molar-refractivity contribution is 5.63. The van der Waals surface area contributed by atoms with Crippen molar-refractivity contribution in [2.75, 3.05) is 13.7 Å². The molecule has 0 radical (unpaired) electrons. The van der Waals surface area contributed by atoms with Crippen LogP contribution in [-0.2, 0) is 10.9 Å². The lowest BCUT2D eigenvalue weighted by atomic mass is 9.75. The molecule has 0 spiro atoms. The lowest BCUT2D eigenvalue weighted by Gasteiger charge is -2.36. The molecule has 1 saturated carbocycles. The van der Waals surface area contributed by atoms with E-state index in [1.54, 1.807) is 19.2 Å². The summed E-state index contributed by atoms with van der Waals surface area (Å²) in [6.45, 7) is 3.04. The van der Waals surface area contributed by atoms with Gasteiger partial charge in [-0.25, -0.2) is 4.98 Å². The number of ether oxygens (including phenoxy) is 2. The summed E-state index contributed by atoms with van der Waals surface area (Å²) in [7, 11) is 1.75. The molecule has 0 unspecified atom stereocenters. The van der Waals surface area contributed by atoms with Crippen LogP contribution in [0.5, 0.6) is 5.75 Å². The molecule has 2 aromatic heterocycles. The zero-order valence-electron chi connectivity index (χ0n) is 17.9. The third-order valence-corrected chi connectivity index (χ3v) is 5.86. The highest BCUT2D eigenvalue weighted by Crippen LogP contribution is 2.37. The second-order valence-corrected chi connectivity index (χ2v) is 8.52. The smallest absolute Gasteiger partial charge is 0.451 e. The van der Waals surface area contributed by atoms with Crippen molar-refractivity contribution >= 4 is 0 Å². The van der Waals surface area contributed by atoms with Gasteiger partial charge in [-0.1, -0.05) is 6.92 Å². The molecular formula is C23H25F3N4O2. The molecule has 32 heavy (non-hydrogen) atoms. The first-order valence-corrected chi connectivity index (χ1v) is 10.5. The Kier molecular flexibility index (Phi) is 6.19. The van der Waals surface area contributed by atoms with Crippen molar-refractivity contribution in [3.63, 3.8) is 0 Å². The van der Waals surface area contributed by atoms with Gasteiger partial charge < -0.3 is 9.47 Å². The normalized spacial score (nSPS) is 21.5. The summed E-state index contributed by atoms with van der Waals surface area (Å²) in [6, 6.07) is 11.0. The van der Waals surface area contributed by atoms with Crippen molar-refractivity contribution in [3.05, 3.63) is 48.4 Å². The molecule has 3 aromatic rings. The maximum atomic E-state index is 12.7. The number of halogens is 3. The van der Waals surface area contributed by atoms with Crippen LogP contribution in [0, 0.1) is 5.41 Å². The third kappa shape index (κ3) is 5.09. The van der Waals surface area contributed by atoms with E-state index in [-0.39, 0.29) is 17.3 Å². The van der Waals surface area contributed by atoms with Crippen LogP contribution in [0.3, 0.4) is 0 Å². The second kappa shape index (κ2) is 8.90. The van der Waals surface area contributed by atoms with Gasteiger partial charge in [0.15, 0.2) is 5.82 Å². The minimum absolute atomic E-state index is 0.0470. The van der Waals surface area contributed by atoms with Crippen molar-refractivity contribution in [2.45, 2.75) is 44.9 Å². The highest BCUT2D eigenvalue weighted by atomic mass is 19.4. The summed E-state index contributed by atoms with van der Waals surface area (Å²) in [5.74, 6) is -0.367. The Morgan fingerprint density at radius 1 is 1.06 bits per heavy atom. The number of benzene rings is 1. The topological polar surface area (TPSA) is 72.9 Å². The molecule has 1 N–H and O–H groups in total. The van der Waals surface area contributed by atoms with Crippen LogP contribution in [0.2, 0.25) is 0 Å². The number of rotatable bonds is 6. The van der Waals surface area contributed by atoms with E-state index in [9.17, 15) is 13.2 Å². The fraction of sp³-hybridized carbons (Fsp3) is 0.435. The molecule has 0 amide bonds. The zero-order chi connectivity index (χ0) is 22.8. The minimum atomic E-state index is -4.57. The quantitative estimate of drug-likeness (QED) is 0.539. The molecule has 0 saturated heterocycles. The van der Waals surface area contributed by atoms with Crippen LogP contribution in [0.15, 0.2) is 42.6 Å². The van der Waals surface area contributed by atoms with Gasteiger partial charge in [0.25, 0.3) is 0 Å². The van der Waals surface area contributed by atoms with E-state index in [0.29, 0.717) is 11.3 Å². The standard InChI is InChI=1S/C23H25F3N4O2/c1-22(14-31-2)11-9-18(10-12-22)32-17-6-3-15(4-7-17)19-8-5-16(13-27-19)20-28-21(30-29-20)23(24,25)26/h3-8,13,18H,9-12,14H2,1-2H3,(H,28,29,30).